The van der Waals surface area contributed by atoms with Crippen molar-refractivity contribution in [3.63, 3.8) is 0 Å². The fourth-order valence-electron chi connectivity index (χ4n) is 4.14. The summed E-state index contributed by atoms with van der Waals surface area (Å²) in [6, 6.07) is 9.11. The molecule has 0 radical (unpaired) electrons. The Kier molecular flexibility index (Phi) is 8.27. The van der Waals surface area contributed by atoms with Crippen LogP contribution in [0.1, 0.15) is 35.3 Å². The van der Waals surface area contributed by atoms with Crippen LogP contribution in [0.25, 0.3) is 5.69 Å². The lowest BCUT2D eigenvalue weighted by Crippen LogP contribution is -2.23. The number of carbonyl (C=O) groups excluding carboxylic acids is 2. The maximum Gasteiger partial charge on any atom is 0.291 e. The van der Waals surface area contributed by atoms with Crippen molar-refractivity contribution in [3.05, 3.63) is 71.8 Å². The Balaban J connectivity index is 0.000000170. The molecule has 0 aliphatic carbocycles. The predicted molar refractivity (Wildman–Crippen MR) is 128 cm³/mol. The third-order valence-corrected chi connectivity index (χ3v) is 5.96. The summed E-state index contributed by atoms with van der Waals surface area (Å²) in [7, 11) is 0. The number of Topliss-reactive ketones (excluding diaryl/α,β-unsaturated/α-hetero) is 1. The fraction of sp³-hybridized carbons (Fsp3) is 0.346. The number of carbonyl (C=O) groups is 2. The van der Waals surface area contributed by atoms with E-state index >= 15 is 0 Å². The van der Waals surface area contributed by atoms with Crippen LogP contribution in [0.2, 0.25) is 0 Å². The molecule has 0 saturated carbocycles. The van der Waals surface area contributed by atoms with Gasteiger partial charge >= 0.3 is 0 Å². The van der Waals surface area contributed by atoms with Crippen LogP contribution in [0.4, 0.5) is 8.78 Å². The number of nitrogens with two attached hydrogens (primary N) is 1. The molecule has 8 nitrogen and oxygen atoms in total. The minimum atomic E-state index is -1.06. The maximum atomic E-state index is 13.8. The standard InChI is InChI=1S/C15H20FNO2.C11H8FN3O2/c16-13-10-12(4-3-7-17-5-1-2-6-17)11-14-15(13)19-9-8-18-14;12-7-1-3-8(4-2-7)15-5-9(14-6-15)10(16)11(13)17/h10-11H,1-9H2;1-6H,(H2,13,17). The smallest absolute Gasteiger partial charge is 0.291 e. The second kappa shape index (κ2) is 11.8. The van der Waals surface area contributed by atoms with Crippen molar-refractivity contribution < 1.29 is 27.8 Å². The Hall–Kier alpha value is -3.79. The molecule has 0 unspecified atom stereocenters. The van der Waals surface area contributed by atoms with Gasteiger partial charge in [0.25, 0.3) is 11.7 Å². The van der Waals surface area contributed by atoms with Crippen LogP contribution < -0.4 is 15.2 Å². The number of nitrogens with zero attached hydrogens (tertiary/aromatic N) is 3. The van der Waals surface area contributed by atoms with E-state index in [4.69, 9.17) is 15.2 Å². The first-order valence-electron chi connectivity index (χ1n) is 11.8. The van der Waals surface area contributed by atoms with Crippen molar-refractivity contribution in [1.82, 2.24) is 14.5 Å². The number of fused-ring (bicyclic) bond motifs is 1. The second-order valence-corrected chi connectivity index (χ2v) is 8.59. The Labute approximate surface area is 207 Å². The second-order valence-electron chi connectivity index (χ2n) is 8.59. The summed E-state index contributed by atoms with van der Waals surface area (Å²) in [5.74, 6) is -1.74. The third-order valence-electron chi connectivity index (χ3n) is 5.96. The van der Waals surface area contributed by atoms with Crippen LogP contribution in [0.3, 0.4) is 0 Å². The van der Waals surface area contributed by atoms with Crippen LogP contribution in [0, 0.1) is 11.6 Å². The zero-order valence-corrected chi connectivity index (χ0v) is 19.8. The van der Waals surface area contributed by atoms with Crippen molar-refractivity contribution in [2.45, 2.75) is 25.7 Å². The van der Waals surface area contributed by atoms with Gasteiger partial charge in [0.2, 0.25) is 0 Å². The number of ketones is 1. The third kappa shape index (κ3) is 6.45. The number of imidazole rings is 1. The molecule has 36 heavy (non-hydrogen) atoms. The summed E-state index contributed by atoms with van der Waals surface area (Å²) in [6.45, 7) is 4.48. The first-order valence-corrected chi connectivity index (χ1v) is 11.8. The van der Waals surface area contributed by atoms with Gasteiger partial charge in [-0.3, -0.25) is 9.59 Å². The highest BCUT2D eigenvalue weighted by Gasteiger charge is 2.18. The number of primary amides is 1. The number of aromatic nitrogens is 2. The van der Waals surface area contributed by atoms with Crippen LogP contribution in [-0.2, 0) is 11.2 Å². The van der Waals surface area contributed by atoms with Crippen LogP contribution in [0.15, 0.2) is 48.9 Å². The lowest BCUT2D eigenvalue weighted by atomic mass is 10.1. The topological polar surface area (TPSA) is 99.7 Å². The highest BCUT2D eigenvalue weighted by atomic mass is 19.1. The molecule has 190 valence electrons. The molecule has 1 amide bonds. The quantitative estimate of drug-likeness (QED) is 0.396. The molecule has 1 fully saturated rings. The zero-order valence-electron chi connectivity index (χ0n) is 19.8. The largest absolute Gasteiger partial charge is 0.486 e. The van der Waals surface area contributed by atoms with Gasteiger partial charge < -0.3 is 24.7 Å². The molecule has 2 aliphatic rings. The molecule has 0 atom stereocenters. The van der Waals surface area contributed by atoms with Gasteiger partial charge in [0.15, 0.2) is 17.3 Å². The summed E-state index contributed by atoms with van der Waals surface area (Å²) in [6.07, 6.45) is 7.31. The molecule has 0 bridgehead atoms. The van der Waals surface area contributed by atoms with Gasteiger partial charge in [-0.15, -0.1) is 0 Å². The van der Waals surface area contributed by atoms with Gasteiger partial charge in [0.1, 0.15) is 31.1 Å². The number of hydrogen-bond donors (Lipinski definition) is 1. The molecule has 2 aromatic carbocycles. The van der Waals surface area contributed by atoms with Crippen molar-refractivity contribution in [3.8, 4) is 17.2 Å². The number of likely N-dealkylation sites (tertiary alicyclic amines) is 1. The molecule has 5 rings (SSSR count). The van der Waals surface area contributed by atoms with E-state index in [1.54, 1.807) is 6.07 Å². The Bertz CT molecular complexity index is 1210. The van der Waals surface area contributed by atoms with Crippen molar-refractivity contribution in [2.75, 3.05) is 32.8 Å². The lowest BCUT2D eigenvalue weighted by Gasteiger charge is -2.20. The molecule has 3 aromatic rings. The predicted octanol–water partition coefficient (Wildman–Crippen LogP) is 3.30. The number of ether oxygens (including phenoxy) is 2. The lowest BCUT2D eigenvalue weighted by molar-refractivity contribution is -0.114. The van der Waals surface area contributed by atoms with Crippen LogP contribution >= 0.6 is 0 Å². The van der Waals surface area contributed by atoms with E-state index in [0.717, 1.165) is 24.9 Å². The van der Waals surface area contributed by atoms with E-state index in [-0.39, 0.29) is 23.1 Å². The van der Waals surface area contributed by atoms with E-state index in [0.29, 0.717) is 24.7 Å². The van der Waals surface area contributed by atoms with E-state index in [1.165, 1.54) is 67.3 Å². The van der Waals surface area contributed by atoms with Crippen LogP contribution in [0.5, 0.6) is 11.5 Å². The molecule has 3 heterocycles. The maximum absolute atomic E-state index is 13.8. The molecule has 2 aliphatic heterocycles. The normalized spacial score (nSPS) is 14.7. The summed E-state index contributed by atoms with van der Waals surface area (Å²) >= 11 is 0. The first kappa shape index (κ1) is 25.3. The van der Waals surface area contributed by atoms with E-state index in [9.17, 15) is 18.4 Å². The van der Waals surface area contributed by atoms with Crippen molar-refractivity contribution in [1.29, 1.82) is 0 Å². The number of benzene rings is 2. The number of hydrogen-bond acceptors (Lipinski definition) is 6. The number of aryl methyl sites for hydroxylation is 1. The number of rotatable bonds is 7. The molecule has 10 heteroatoms. The average molecular weight is 499 g/mol. The molecular weight excluding hydrogens is 470 g/mol. The van der Waals surface area contributed by atoms with Crippen molar-refractivity contribution >= 4 is 11.7 Å². The monoisotopic (exact) mass is 498 g/mol. The van der Waals surface area contributed by atoms with Gasteiger partial charge in [-0.2, -0.15) is 0 Å². The van der Waals surface area contributed by atoms with E-state index < -0.39 is 11.7 Å². The zero-order chi connectivity index (χ0) is 25.5. The van der Waals surface area contributed by atoms with E-state index in [2.05, 4.69) is 9.88 Å². The Morgan fingerprint density at radius 2 is 1.75 bits per heavy atom. The Morgan fingerprint density at radius 3 is 2.47 bits per heavy atom. The molecule has 1 aromatic heterocycles. The fourth-order valence-corrected chi connectivity index (χ4v) is 4.14. The molecule has 0 spiro atoms. The van der Waals surface area contributed by atoms with Gasteiger partial charge in [0.05, 0.1) is 0 Å². The highest BCUT2D eigenvalue weighted by molar-refractivity contribution is 6.41. The highest BCUT2D eigenvalue weighted by Crippen LogP contribution is 2.34. The molecule has 2 N–H and O–H groups in total. The average Bonchev–Trinajstić information content (AvgIpc) is 3.57. The van der Waals surface area contributed by atoms with Gasteiger partial charge in [-0.1, -0.05) is 0 Å². The van der Waals surface area contributed by atoms with Gasteiger partial charge in [-0.25, -0.2) is 13.8 Å². The minimum absolute atomic E-state index is 0.0400. The number of amides is 1. The number of halogens is 2. The summed E-state index contributed by atoms with van der Waals surface area (Å²) in [4.78, 5) is 28.1. The molecular formula is C26H28F2N4O4. The van der Waals surface area contributed by atoms with Gasteiger partial charge in [0, 0.05) is 11.9 Å². The van der Waals surface area contributed by atoms with Gasteiger partial charge in [-0.05, 0) is 87.3 Å². The summed E-state index contributed by atoms with van der Waals surface area (Å²) in [5.41, 5.74) is 6.44. The SMILES string of the molecule is Fc1cc(CCCN2CCCC2)cc2c1OCCO2.NC(=O)C(=O)c1cn(-c2ccc(F)cc2)cn1. The summed E-state index contributed by atoms with van der Waals surface area (Å²) in [5, 5.41) is 0. The van der Waals surface area contributed by atoms with E-state index in [1.807, 2.05) is 6.07 Å². The van der Waals surface area contributed by atoms with Crippen LogP contribution in [-0.4, -0.2) is 59.0 Å². The Morgan fingerprint density at radius 1 is 1.03 bits per heavy atom. The first-order chi connectivity index (χ1) is 17.4. The van der Waals surface area contributed by atoms with Crippen molar-refractivity contribution in [2.24, 2.45) is 5.73 Å². The minimum Gasteiger partial charge on any atom is -0.486 e. The summed E-state index contributed by atoms with van der Waals surface area (Å²) < 4.78 is 38.8. The molecule has 1 saturated heterocycles.